The van der Waals surface area contributed by atoms with Crippen molar-refractivity contribution in [1.82, 2.24) is 0 Å². The maximum Gasteiger partial charge on any atom is 0.488 e. The molecule has 0 aliphatic rings. The standard InChI is InChI=1S/C7H7BO3.C6H3F2I/c9-5-6-1-3-7(4-2-6)8(10)11;7-4-1-2-6(9)5(8)3-4/h1-5,10-11H;1-3H. The molecule has 3 nitrogen and oxygen atoms in total. The van der Waals surface area contributed by atoms with Crippen molar-refractivity contribution in [1.29, 1.82) is 0 Å². The summed E-state index contributed by atoms with van der Waals surface area (Å²) in [6.45, 7) is 0. The van der Waals surface area contributed by atoms with Crippen molar-refractivity contribution in [3.8, 4) is 0 Å². The lowest BCUT2D eigenvalue weighted by Gasteiger charge is -1.97. The van der Waals surface area contributed by atoms with Crippen LogP contribution in [0.3, 0.4) is 0 Å². The molecule has 0 heterocycles. The van der Waals surface area contributed by atoms with Crippen molar-refractivity contribution in [3.63, 3.8) is 0 Å². The normalized spacial score (nSPS) is 9.45. The molecule has 7 heteroatoms. The van der Waals surface area contributed by atoms with E-state index in [2.05, 4.69) is 0 Å². The highest BCUT2D eigenvalue weighted by atomic mass is 127. The van der Waals surface area contributed by atoms with E-state index < -0.39 is 18.8 Å². The smallest absolute Gasteiger partial charge is 0.423 e. The average molecular weight is 390 g/mol. The molecule has 0 saturated carbocycles. The molecule has 0 fully saturated rings. The third-order valence-corrected chi connectivity index (χ3v) is 3.13. The number of aldehydes is 1. The molecule has 0 radical (unpaired) electrons. The number of benzene rings is 2. The van der Waals surface area contributed by atoms with Gasteiger partial charge in [-0.1, -0.05) is 24.3 Å². The van der Waals surface area contributed by atoms with Crippen molar-refractivity contribution in [2.75, 3.05) is 0 Å². The third kappa shape index (κ3) is 5.36. The van der Waals surface area contributed by atoms with Gasteiger partial charge < -0.3 is 10.0 Å². The summed E-state index contributed by atoms with van der Waals surface area (Å²) in [5, 5.41) is 17.3. The molecule has 2 N–H and O–H groups in total. The zero-order chi connectivity index (χ0) is 15.1. The Morgan fingerprint density at radius 1 is 1.05 bits per heavy atom. The summed E-state index contributed by atoms with van der Waals surface area (Å²) in [5.41, 5.74) is 0.907. The number of rotatable bonds is 2. The van der Waals surface area contributed by atoms with E-state index in [1.807, 2.05) is 0 Å². The summed E-state index contributed by atoms with van der Waals surface area (Å²) in [6, 6.07) is 9.53. The van der Waals surface area contributed by atoms with Crippen LogP contribution in [0.25, 0.3) is 0 Å². The number of carbonyl (C=O) groups excluding carboxylic acids is 1. The fourth-order valence-electron chi connectivity index (χ4n) is 1.22. The van der Waals surface area contributed by atoms with Crippen molar-refractivity contribution in [2.24, 2.45) is 0 Å². The molecule has 0 aliphatic heterocycles. The Hall–Kier alpha value is -1.32. The van der Waals surface area contributed by atoms with Crippen LogP contribution in [0, 0.1) is 15.2 Å². The molecule has 0 aliphatic carbocycles. The highest BCUT2D eigenvalue weighted by Crippen LogP contribution is 2.10. The summed E-state index contributed by atoms with van der Waals surface area (Å²) < 4.78 is 24.9. The molecule has 104 valence electrons. The number of hydrogen-bond donors (Lipinski definition) is 2. The summed E-state index contributed by atoms with van der Waals surface area (Å²) in [7, 11) is -1.46. The van der Waals surface area contributed by atoms with Crippen molar-refractivity contribution >= 4 is 41.5 Å². The van der Waals surface area contributed by atoms with Gasteiger partial charge in [0.15, 0.2) is 0 Å². The first-order chi connectivity index (χ1) is 9.43. The largest absolute Gasteiger partial charge is 0.488 e. The van der Waals surface area contributed by atoms with E-state index >= 15 is 0 Å². The van der Waals surface area contributed by atoms with Gasteiger partial charge in [-0.25, -0.2) is 8.78 Å². The summed E-state index contributed by atoms with van der Waals surface area (Å²) in [4.78, 5) is 10.2. The zero-order valence-electron chi connectivity index (χ0n) is 10.1. The Balaban J connectivity index is 0.000000204. The fraction of sp³-hybridized carbons (Fsp3) is 0. The van der Waals surface area contributed by atoms with Crippen LogP contribution < -0.4 is 5.46 Å². The molecule has 0 spiro atoms. The number of halogens is 3. The minimum atomic E-state index is -1.46. The van der Waals surface area contributed by atoms with Gasteiger partial charge in [-0.3, -0.25) is 4.79 Å². The first kappa shape index (κ1) is 16.7. The molecule has 20 heavy (non-hydrogen) atoms. The first-order valence-electron chi connectivity index (χ1n) is 5.46. The van der Waals surface area contributed by atoms with E-state index in [0.29, 0.717) is 20.9 Å². The predicted octanol–water partition coefficient (Wildman–Crippen LogP) is 1.75. The van der Waals surface area contributed by atoms with Gasteiger partial charge in [0.2, 0.25) is 0 Å². The number of carbonyl (C=O) groups is 1. The lowest BCUT2D eigenvalue weighted by Crippen LogP contribution is -2.29. The lowest BCUT2D eigenvalue weighted by atomic mass is 9.80. The van der Waals surface area contributed by atoms with Gasteiger partial charge in [0.25, 0.3) is 0 Å². The van der Waals surface area contributed by atoms with Crippen molar-refractivity contribution in [3.05, 3.63) is 63.2 Å². The van der Waals surface area contributed by atoms with E-state index in [0.717, 1.165) is 6.07 Å². The van der Waals surface area contributed by atoms with Crippen LogP contribution in [0.5, 0.6) is 0 Å². The molecule has 2 rings (SSSR count). The van der Waals surface area contributed by atoms with Crippen LogP contribution in [0.2, 0.25) is 0 Å². The second-order valence-corrected chi connectivity index (χ2v) is 4.88. The molecular formula is C13H10BF2IO3. The van der Waals surface area contributed by atoms with E-state index in [9.17, 15) is 13.6 Å². The maximum atomic E-state index is 12.3. The zero-order valence-corrected chi connectivity index (χ0v) is 12.3. The van der Waals surface area contributed by atoms with Crippen molar-refractivity contribution in [2.45, 2.75) is 0 Å². The first-order valence-corrected chi connectivity index (χ1v) is 6.53. The maximum absolute atomic E-state index is 12.3. The fourth-order valence-corrected chi connectivity index (χ4v) is 1.55. The predicted molar refractivity (Wildman–Crippen MR) is 80.7 cm³/mol. The molecule has 0 unspecified atom stereocenters. The Morgan fingerprint density at radius 2 is 1.65 bits per heavy atom. The Kier molecular flexibility index (Phi) is 6.76. The minimum Gasteiger partial charge on any atom is -0.423 e. The van der Waals surface area contributed by atoms with Crippen LogP contribution in [0.15, 0.2) is 42.5 Å². The quantitative estimate of drug-likeness (QED) is 0.356. The van der Waals surface area contributed by atoms with Gasteiger partial charge in [-0.2, -0.15) is 0 Å². The van der Waals surface area contributed by atoms with Crippen LogP contribution in [-0.2, 0) is 0 Å². The van der Waals surface area contributed by atoms with Crippen LogP contribution >= 0.6 is 22.6 Å². The van der Waals surface area contributed by atoms with Crippen molar-refractivity contribution < 1.29 is 23.6 Å². The highest BCUT2D eigenvalue weighted by Gasteiger charge is 2.08. The number of hydrogen-bond acceptors (Lipinski definition) is 3. The van der Waals surface area contributed by atoms with E-state index in [4.69, 9.17) is 10.0 Å². The molecule has 2 aromatic rings. The minimum absolute atomic E-state index is 0.385. The van der Waals surface area contributed by atoms with E-state index in [-0.39, 0.29) is 0 Å². The van der Waals surface area contributed by atoms with Gasteiger partial charge in [-0.05, 0) is 40.2 Å². The molecule has 0 aromatic heterocycles. The van der Waals surface area contributed by atoms with Gasteiger partial charge >= 0.3 is 7.12 Å². The summed E-state index contributed by atoms with van der Waals surface area (Å²) in [5.74, 6) is -1.04. The molecule has 0 saturated heterocycles. The van der Waals surface area contributed by atoms with Gasteiger partial charge in [0.1, 0.15) is 17.9 Å². The van der Waals surface area contributed by atoms with Crippen LogP contribution in [0.1, 0.15) is 10.4 Å². The van der Waals surface area contributed by atoms with Gasteiger partial charge in [-0.15, -0.1) is 0 Å². The SMILES string of the molecule is Fc1ccc(I)c(F)c1.O=Cc1ccc(B(O)O)cc1. The molecule has 2 aromatic carbocycles. The average Bonchev–Trinajstić information content (AvgIpc) is 2.44. The highest BCUT2D eigenvalue weighted by molar-refractivity contribution is 14.1. The van der Waals surface area contributed by atoms with Crippen LogP contribution in [0.4, 0.5) is 8.78 Å². The van der Waals surface area contributed by atoms with Gasteiger partial charge in [0.05, 0.1) is 0 Å². The Morgan fingerprint density at radius 3 is 2.05 bits per heavy atom. The second kappa shape index (κ2) is 8.08. The molecule has 0 atom stereocenters. The summed E-state index contributed by atoms with van der Waals surface area (Å²) >= 11 is 1.80. The van der Waals surface area contributed by atoms with Crippen LogP contribution in [-0.4, -0.2) is 23.5 Å². The second-order valence-electron chi connectivity index (χ2n) is 3.72. The van der Waals surface area contributed by atoms with Gasteiger partial charge in [0, 0.05) is 15.2 Å². The summed E-state index contributed by atoms with van der Waals surface area (Å²) in [6.07, 6.45) is 0.702. The monoisotopic (exact) mass is 390 g/mol. The lowest BCUT2D eigenvalue weighted by molar-refractivity contribution is 0.112. The van der Waals surface area contributed by atoms with E-state index in [1.54, 1.807) is 22.6 Å². The Bertz CT molecular complexity index is 576. The topological polar surface area (TPSA) is 57.5 Å². The van der Waals surface area contributed by atoms with E-state index in [1.165, 1.54) is 36.4 Å². The molecule has 0 amide bonds. The third-order valence-electron chi connectivity index (χ3n) is 2.25. The Labute approximate surface area is 128 Å². The molecule has 0 bridgehead atoms. The molecular weight excluding hydrogens is 380 g/mol.